The second kappa shape index (κ2) is 11.4. The minimum atomic E-state index is -1.33. The molecule has 2 rings (SSSR count). The van der Waals surface area contributed by atoms with Gasteiger partial charge in [-0.1, -0.05) is 25.1 Å². The molecule has 180 valence electrons. The smallest absolute Gasteiger partial charge is 0.347 e. The normalized spacial score (nSPS) is 12.0. The van der Waals surface area contributed by atoms with E-state index >= 15 is 0 Å². The maximum Gasteiger partial charge on any atom is 0.347 e. The summed E-state index contributed by atoms with van der Waals surface area (Å²) in [4.78, 5) is 24.9. The second-order valence-electron chi connectivity index (χ2n) is 8.32. The lowest BCUT2D eigenvalue weighted by Crippen LogP contribution is -2.38. The first-order chi connectivity index (χ1) is 15.6. The molecule has 0 fully saturated rings. The SMILES string of the molecule is CCC(CCN(Cc1ccc(OC(C)(C)C(=O)O)cc1)C(N)=O)c1ccc(OC)cc1OC. The van der Waals surface area contributed by atoms with Crippen molar-refractivity contribution in [2.75, 3.05) is 20.8 Å². The number of rotatable bonds is 12. The second-order valence-corrected chi connectivity index (χ2v) is 8.32. The lowest BCUT2D eigenvalue weighted by atomic mass is 9.92. The quantitative estimate of drug-likeness (QED) is 0.487. The summed E-state index contributed by atoms with van der Waals surface area (Å²) >= 11 is 0. The number of hydrogen-bond donors (Lipinski definition) is 2. The molecule has 0 heterocycles. The topological polar surface area (TPSA) is 111 Å². The summed E-state index contributed by atoms with van der Waals surface area (Å²) in [5, 5.41) is 9.21. The van der Waals surface area contributed by atoms with Gasteiger partial charge in [0.25, 0.3) is 0 Å². The number of aliphatic carboxylic acids is 1. The van der Waals surface area contributed by atoms with Crippen LogP contribution in [0.3, 0.4) is 0 Å². The number of nitrogens with two attached hydrogens (primary N) is 1. The van der Waals surface area contributed by atoms with E-state index in [9.17, 15) is 14.7 Å². The van der Waals surface area contributed by atoms with Crippen LogP contribution in [0.15, 0.2) is 42.5 Å². The van der Waals surface area contributed by atoms with E-state index in [-0.39, 0.29) is 5.92 Å². The Bertz CT molecular complexity index is 942. The van der Waals surface area contributed by atoms with E-state index in [2.05, 4.69) is 6.92 Å². The Balaban J connectivity index is 2.07. The fourth-order valence-electron chi connectivity index (χ4n) is 3.54. The van der Waals surface area contributed by atoms with Gasteiger partial charge >= 0.3 is 12.0 Å². The molecule has 0 aliphatic rings. The summed E-state index contributed by atoms with van der Waals surface area (Å²) in [5.74, 6) is 1.05. The number of carbonyl (C=O) groups excluding carboxylic acids is 1. The average molecular weight is 459 g/mol. The van der Waals surface area contributed by atoms with Crippen molar-refractivity contribution in [3.05, 3.63) is 53.6 Å². The molecule has 2 amide bonds. The van der Waals surface area contributed by atoms with Crippen molar-refractivity contribution in [1.29, 1.82) is 0 Å². The Morgan fingerprint density at radius 3 is 2.21 bits per heavy atom. The zero-order valence-corrected chi connectivity index (χ0v) is 20.0. The van der Waals surface area contributed by atoms with E-state index in [4.69, 9.17) is 19.9 Å². The molecule has 2 aromatic rings. The predicted molar refractivity (Wildman–Crippen MR) is 126 cm³/mol. The van der Waals surface area contributed by atoms with Crippen LogP contribution in [0, 0.1) is 0 Å². The summed E-state index contributed by atoms with van der Waals surface area (Å²) in [6, 6.07) is 12.2. The van der Waals surface area contributed by atoms with Crippen molar-refractivity contribution in [3.63, 3.8) is 0 Å². The maximum absolute atomic E-state index is 12.1. The third-order valence-electron chi connectivity index (χ3n) is 5.62. The van der Waals surface area contributed by atoms with Crippen LogP contribution in [0.25, 0.3) is 0 Å². The minimum Gasteiger partial charge on any atom is -0.497 e. The van der Waals surface area contributed by atoms with Gasteiger partial charge in [-0.05, 0) is 61.9 Å². The van der Waals surface area contributed by atoms with Crippen molar-refractivity contribution in [1.82, 2.24) is 4.90 Å². The fourth-order valence-corrected chi connectivity index (χ4v) is 3.54. The number of urea groups is 1. The molecule has 0 aromatic heterocycles. The summed E-state index contributed by atoms with van der Waals surface area (Å²) < 4.78 is 16.4. The first kappa shape index (κ1) is 25.8. The number of benzene rings is 2. The molecule has 0 saturated carbocycles. The molecule has 0 saturated heterocycles. The number of carbonyl (C=O) groups is 2. The predicted octanol–water partition coefficient (Wildman–Crippen LogP) is 4.41. The summed E-state index contributed by atoms with van der Waals surface area (Å²) in [6.45, 7) is 5.89. The van der Waals surface area contributed by atoms with Crippen LogP contribution >= 0.6 is 0 Å². The number of primary amides is 1. The molecular formula is C25H34N2O6. The van der Waals surface area contributed by atoms with Crippen molar-refractivity contribution < 1.29 is 28.9 Å². The van der Waals surface area contributed by atoms with E-state index < -0.39 is 17.6 Å². The molecule has 8 nitrogen and oxygen atoms in total. The molecule has 1 atom stereocenters. The number of carboxylic acids is 1. The molecule has 0 aliphatic heterocycles. The van der Waals surface area contributed by atoms with Crippen LogP contribution in [0.4, 0.5) is 4.79 Å². The monoisotopic (exact) mass is 458 g/mol. The highest BCUT2D eigenvalue weighted by atomic mass is 16.5. The van der Waals surface area contributed by atoms with Gasteiger partial charge in [-0.15, -0.1) is 0 Å². The largest absolute Gasteiger partial charge is 0.497 e. The van der Waals surface area contributed by atoms with Gasteiger partial charge in [-0.2, -0.15) is 0 Å². The lowest BCUT2D eigenvalue weighted by Gasteiger charge is -2.25. The van der Waals surface area contributed by atoms with E-state index in [1.807, 2.05) is 18.2 Å². The zero-order valence-electron chi connectivity index (χ0n) is 20.0. The highest BCUT2D eigenvalue weighted by Gasteiger charge is 2.29. The van der Waals surface area contributed by atoms with Gasteiger partial charge in [0, 0.05) is 19.2 Å². The first-order valence-corrected chi connectivity index (χ1v) is 10.9. The Kier molecular flexibility index (Phi) is 8.96. The van der Waals surface area contributed by atoms with E-state index in [1.54, 1.807) is 43.4 Å². The molecule has 3 N–H and O–H groups in total. The van der Waals surface area contributed by atoms with Gasteiger partial charge in [0.2, 0.25) is 0 Å². The van der Waals surface area contributed by atoms with Crippen LogP contribution in [-0.2, 0) is 11.3 Å². The minimum absolute atomic E-state index is 0.182. The number of nitrogens with zero attached hydrogens (tertiary/aromatic N) is 1. The molecule has 0 bridgehead atoms. The summed E-state index contributed by atoms with van der Waals surface area (Å²) in [5.41, 5.74) is 6.24. The van der Waals surface area contributed by atoms with Crippen LogP contribution in [0.5, 0.6) is 17.2 Å². The summed E-state index contributed by atoms with van der Waals surface area (Å²) in [7, 11) is 3.24. The van der Waals surface area contributed by atoms with Gasteiger partial charge in [-0.3, -0.25) is 0 Å². The number of hydrogen-bond acceptors (Lipinski definition) is 5. The Hall–Kier alpha value is -3.42. The van der Waals surface area contributed by atoms with Gasteiger partial charge in [0.15, 0.2) is 5.60 Å². The zero-order chi connectivity index (χ0) is 24.6. The Morgan fingerprint density at radius 1 is 1.06 bits per heavy atom. The van der Waals surface area contributed by atoms with Crippen LogP contribution in [0.2, 0.25) is 0 Å². The van der Waals surface area contributed by atoms with E-state index in [0.29, 0.717) is 18.8 Å². The number of ether oxygens (including phenoxy) is 3. The van der Waals surface area contributed by atoms with E-state index in [0.717, 1.165) is 35.5 Å². The fraction of sp³-hybridized carbons (Fsp3) is 0.440. The molecule has 1 unspecified atom stereocenters. The van der Waals surface area contributed by atoms with Crippen molar-refractivity contribution >= 4 is 12.0 Å². The van der Waals surface area contributed by atoms with Gasteiger partial charge in [0.05, 0.1) is 14.2 Å². The Morgan fingerprint density at radius 2 is 1.70 bits per heavy atom. The van der Waals surface area contributed by atoms with Gasteiger partial charge in [-0.25, -0.2) is 9.59 Å². The maximum atomic E-state index is 12.1. The van der Waals surface area contributed by atoms with Crippen molar-refractivity contribution in [2.24, 2.45) is 5.73 Å². The molecule has 33 heavy (non-hydrogen) atoms. The third kappa shape index (κ3) is 7.03. The highest BCUT2D eigenvalue weighted by Crippen LogP contribution is 2.34. The molecule has 0 aliphatic carbocycles. The number of carboxylic acid groups (broad SMARTS) is 1. The molecule has 0 radical (unpaired) electrons. The molecule has 2 aromatic carbocycles. The molecule has 8 heteroatoms. The summed E-state index contributed by atoms with van der Waals surface area (Å²) in [6.07, 6.45) is 1.59. The highest BCUT2D eigenvalue weighted by molar-refractivity contribution is 5.76. The molecular weight excluding hydrogens is 424 g/mol. The van der Waals surface area contributed by atoms with Crippen LogP contribution in [-0.4, -0.2) is 48.4 Å². The average Bonchev–Trinajstić information content (AvgIpc) is 2.79. The lowest BCUT2D eigenvalue weighted by molar-refractivity contribution is -0.152. The van der Waals surface area contributed by atoms with E-state index in [1.165, 1.54) is 13.8 Å². The van der Waals surface area contributed by atoms with Crippen molar-refractivity contribution in [3.8, 4) is 17.2 Å². The first-order valence-electron chi connectivity index (χ1n) is 10.9. The number of methoxy groups -OCH3 is 2. The van der Waals surface area contributed by atoms with Gasteiger partial charge in [0.1, 0.15) is 17.2 Å². The van der Waals surface area contributed by atoms with Crippen LogP contribution < -0.4 is 19.9 Å². The number of amides is 2. The van der Waals surface area contributed by atoms with Crippen LogP contribution in [0.1, 0.15) is 50.7 Å². The molecule has 0 spiro atoms. The third-order valence-corrected chi connectivity index (χ3v) is 5.62. The standard InChI is InChI=1S/C25H34N2O6/c1-6-18(21-12-11-20(31-4)15-22(21)32-5)13-14-27(24(26)30)16-17-7-9-19(10-8-17)33-25(2,3)23(28)29/h7-12,15,18H,6,13-14,16H2,1-5H3,(H2,26,30)(H,28,29). The van der Waals surface area contributed by atoms with Crippen molar-refractivity contribution in [2.45, 2.75) is 51.7 Å². The Labute approximate surface area is 195 Å². The van der Waals surface area contributed by atoms with Gasteiger partial charge < -0.3 is 30.0 Å².